The second kappa shape index (κ2) is 8.75. The van der Waals surface area contributed by atoms with Crippen LogP contribution in [0.15, 0.2) is 18.7 Å². The Morgan fingerprint density at radius 2 is 1.82 bits per heavy atom. The Bertz CT molecular complexity index is 535. The summed E-state index contributed by atoms with van der Waals surface area (Å²) in [5, 5.41) is 0. The molecule has 0 aliphatic heterocycles. The first kappa shape index (κ1) is 19.3. The third kappa shape index (κ3) is 6.54. The smallest absolute Gasteiger partial charge is 0.500 e. The highest BCUT2D eigenvalue weighted by Gasteiger charge is 2.36. The number of imidazole rings is 1. The Morgan fingerprint density at radius 3 is 2.36 bits per heavy atom. The quantitative estimate of drug-likeness (QED) is 0.240. The van der Waals surface area contributed by atoms with E-state index >= 15 is 0 Å². The first-order chi connectivity index (χ1) is 10.3. The van der Waals surface area contributed by atoms with Crippen LogP contribution >= 0.6 is 0 Å². The van der Waals surface area contributed by atoms with Crippen LogP contribution in [0.5, 0.6) is 0 Å². The van der Waals surface area contributed by atoms with E-state index in [9.17, 15) is 13.0 Å². The van der Waals surface area contributed by atoms with Gasteiger partial charge in [0, 0.05) is 27.4 Å². The van der Waals surface area contributed by atoms with E-state index in [-0.39, 0.29) is 6.54 Å². The Morgan fingerprint density at radius 1 is 1.18 bits per heavy atom. The van der Waals surface area contributed by atoms with Crippen LogP contribution in [0.1, 0.15) is 12.8 Å². The molecule has 22 heavy (non-hydrogen) atoms. The van der Waals surface area contributed by atoms with E-state index in [1.54, 1.807) is 38.4 Å². The van der Waals surface area contributed by atoms with Gasteiger partial charge in [0.2, 0.25) is 6.33 Å². The van der Waals surface area contributed by atoms with E-state index in [4.69, 9.17) is 13.3 Å². The fraction of sp³-hybridized carbons (Fsp3) is 0.750. The van der Waals surface area contributed by atoms with Crippen LogP contribution in [-0.4, -0.2) is 53.4 Å². The van der Waals surface area contributed by atoms with Gasteiger partial charge in [-0.3, -0.25) is 0 Å². The van der Waals surface area contributed by atoms with Crippen molar-refractivity contribution < 1.29 is 30.8 Å². The standard InChI is InChI=1S/C12H24N2O6SSi/c1-18-22(19-2,20-3)11-5-4-6-13-7-8-14(12-13)9-10-21(15,16)17/h7-8,12H,4-6,9-11H2,1-3H3. The molecule has 0 spiro atoms. The van der Waals surface area contributed by atoms with Gasteiger partial charge in [0.15, 0.2) is 0 Å². The van der Waals surface area contributed by atoms with Gasteiger partial charge in [-0.25, -0.2) is 17.6 Å². The largest absolute Gasteiger partial charge is 0.748 e. The average Bonchev–Trinajstić information content (AvgIpc) is 2.93. The molecule has 1 aromatic heterocycles. The maximum absolute atomic E-state index is 10.6. The molecule has 1 heterocycles. The molecule has 0 saturated heterocycles. The van der Waals surface area contributed by atoms with E-state index in [0.717, 1.165) is 25.4 Å². The highest BCUT2D eigenvalue weighted by Crippen LogP contribution is 2.16. The van der Waals surface area contributed by atoms with Crippen LogP contribution in [0.25, 0.3) is 0 Å². The first-order valence-electron chi connectivity index (χ1n) is 6.98. The Labute approximate surface area is 132 Å². The van der Waals surface area contributed by atoms with Crippen LogP contribution in [0, 0.1) is 0 Å². The molecule has 1 aromatic rings. The number of hydrogen-bond donors (Lipinski definition) is 0. The predicted octanol–water partition coefficient (Wildman–Crippen LogP) is -0.0209. The molecule has 0 unspecified atom stereocenters. The van der Waals surface area contributed by atoms with E-state index in [0.29, 0.717) is 0 Å². The first-order valence-corrected chi connectivity index (χ1v) is 10.5. The summed E-state index contributed by atoms with van der Waals surface area (Å²) in [6.07, 6.45) is 7.21. The molecule has 0 bridgehead atoms. The third-order valence-electron chi connectivity index (χ3n) is 3.43. The van der Waals surface area contributed by atoms with Crippen LogP contribution < -0.4 is 4.57 Å². The number of nitrogens with zero attached hydrogens (tertiary/aromatic N) is 2. The lowest BCUT2D eigenvalue weighted by Gasteiger charge is -2.23. The number of unbranched alkanes of at least 4 members (excludes halogenated alkanes) is 1. The van der Waals surface area contributed by atoms with Gasteiger partial charge in [0.1, 0.15) is 18.9 Å². The normalized spacial score (nSPS) is 12.7. The van der Waals surface area contributed by atoms with Crippen LogP contribution in [-0.2, 0) is 36.5 Å². The SMILES string of the molecule is CO[Si](CCCC[n+]1ccn(CCS(=O)(=O)[O-])c1)(OC)OC. The number of aromatic nitrogens is 2. The minimum Gasteiger partial charge on any atom is -0.748 e. The number of aryl methyl sites for hydroxylation is 2. The van der Waals surface area contributed by atoms with Crippen molar-refractivity contribution in [2.75, 3.05) is 27.1 Å². The zero-order valence-electron chi connectivity index (χ0n) is 13.2. The van der Waals surface area contributed by atoms with Crippen molar-refractivity contribution in [2.45, 2.75) is 32.0 Å². The van der Waals surface area contributed by atoms with Crippen molar-refractivity contribution in [3.05, 3.63) is 18.7 Å². The maximum Gasteiger partial charge on any atom is 0.500 e. The second-order valence-electron chi connectivity index (χ2n) is 4.90. The minimum atomic E-state index is -4.18. The molecule has 0 amide bonds. The maximum atomic E-state index is 10.6. The molecule has 0 N–H and O–H groups in total. The fourth-order valence-corrected chi connectivity index (χ4v) is 4.34. The van der Waals surface area contributed by atoms with Gasteiger partial charge in [-0.2, -0.15) is 0 Å². The molecule has 0 radical (unpaired) electrons. The van der Waals surface area contributed by atoms with Gasteiger partial charge < -0.3 is 17.8 Å². The Kier molecular flexibility index (Phi) is 7.66. The van der Waals surface area contributed by atoms with E-state index in [1.807, 2.05) is 10.8 Å². The monoisotopic (exact) mass is 352 g/mol. The van der Waals surface area contributed by atoms with Crippen molar-refractivity contribution in [1.29, 1.82) is 0 Å². The van der Waals surface area contributed by atoms with E-state index in [1.165, 1.54) is 0 Å². The molecule has 0 aliphatic rings. The zero-order valence-corrected chi connectivity index (χ0v) is 15.0. The zero-order chi connectivity index (χ0) is 16.6. The van der Waals surface area contributed by atoms with Gasteiger partial charge in [0.25, 0.3) is 0 Å². The van der Waals surface area contributed by atoms with Crippen molar-refractivity contribution >= 4 is 18.9 Å². The highest BCUT2D eigenvalue weighted by molar-refractivity contribution is 7.85. The van der Waals surface area contributed by atoms with Crippen LogP contribution in [0.3, 0.4) is 0 Å². The lowest BCUT2D eigenvalue weighted by molar-refractivity contribution is -0.696. The molecule has 1 rings (SSSR count). The number of hydrogen-bond acceptors (Lipinski definition) is 6. The highest BCUT2D eigenvalue weighted by atomic mass is 32.2. The molecule has 10 heteroatoms. The summed E-state index contributed by atoms with van der Waals surface area (Å²) >= 11 is 0. The second-order valence-corrected chi connectivity index (χ2v) is 9.52. The molecule has 8 nitrogen and oxygen atoms in total. The molecule has 128 valence electrons. The summed E-state index contributed by atoms with van der Waals surface area (Å²) in [5.41, 5.74) is 0. The Hall–Kier alpha value is -0.783. The van der Waals surface area contributed by atoms with Crippen molar-refractivity contribution in [1.82, 2.24) is 4.57 Å². The molecule has 0 aromatic carbocycles. The van der Waals surface area contributed by atoms with Gasteiger partial charge >= 0.3 is 8.80 Å². The van der Waals surface area contributed by atoms with Gasteiger partial charge in [-0.05, 0) is 12.8 Å². The predicted molar refractivity (Wildman–Crippen MR) is 80.0 cm³/mol. The summed E-state index contributed by atoms with van der Waals surface area (Å²) < 4.78 is 51.5. The molecule has 0 saturated carbocycles. The molecule has 0 aliphatic carbocycles. The van der Waals surface area contributed by atoms with E-state index in [2.05, 4.69) is 0 Å². The van der Waals surface area contributed by atoms with E-state index < -0.39 is 24.7 Å². The molecule has 0 fully saturated rings. The van der Waals surface area contributed by atoms with Crippen LogP contribution in [0.2, 0.25) is 6.04 Å². The fourth-order valence-electron chi connectivity index (χ4n) is 2.11. The lowest BCUT2D eigenvalue weighted by Crippen LogP contribution is -2.42. The third-order valence-corrected chi connectivity index (χ3v) is 6.94. The van der Waals surface area contributed by atoms with Crippen LogP contribution in [0.4, 0.5) is 0 Å². The van der Waals surface area contributed by atoms with Gasteiger partial charge in [-0.15, -0.1) is 0 Å². The summed E-state index contributed by atoms with van der Waals surface area (Å²) in [5.74, 6) is -0.398. The number of rotatable bonds is 11. The molecular weight excluding hydrogens is 328 g/mol. The summed E-state index contributed by atoms with van der Waals surface area (Å²) in [7, 11) is -1.89. The average molecular weight is 352 g/mol. The molecule has 0 atom stereocenters. The Balaban J connectivity index is 2.35. The van der Waals surface area contributed by atoms with Crippen molar-refractivity contribution in [3.63, 3.8) is 0 Å². The lowest BCUT2D eigenvalue weighted by atomic mass is 10.3. The van der Waals surface area contributed by atoms with Crippen molar-refractivity contribution in [3.8, 4) is 0 Å². The summed E-state index contributed by atoms with van der Waals surface area (Å²) in [4.78, 5) is 0. The summed E-state index contributed by atoms with van der Waals surface area (Å²) in [6.45, 7) is 0.963. The van der Waals surface area contributed by atoms with Gasteiger partial charge in [-0.1, -0.05) is 0 Å². The topological polar surface area (TPSA) is 93.7 Å². The van der Waals surface area contributed by atoms with Crippen molar-refractivity contribution in [2.24, 2.45) is 0 Å². The molecular formula is C12H24N2O6SSi. The summed E-state index contributed by atoms with van der Waals surface area (Å²) in [6, 6.07) is 0.742. The minimum absolute atomic E-state index is 0.173. The van der Waals surface area contributed by atoms with Gasteiger partial charge in [0.05, 0.1) is 22.4 Å².